The molecule has 1 aliphatic rings. The van der Waals surface area contributed by atoms with E-state index in [0.29, 0.717) is 0 Å². The molecule has 2 aromatic rings. The van der Waals surface area contributed by atoms with Crippen LogP contribution in [0, 0.1) is 11.6 Å². The van der Waals surface area contributed by atoms with Crippen LogP contribution in [0.15, 0.2) is 17.1 Å². The van der Waals surface area contributed by atoms with Crippen LogP contribution >= 0.6 is 0 Å². The number of aliphatic hydroxyl groups is 1. The third-order valence-electron chi connectivity index (χ3n) is 3.75. The molecular weight excluding hydrogens is 310 g/mol. The molecule has 2 heterocycles. The second kappa shape index (κ2) is 5.62. The van der Waals surface area contributed by atoms with E-state index in [1.54, 1.807) is 6.92 Å². The van der Waals surface area contributed by atoms with Crippen LogP contribution in [0.2, 0.25) is 0 Å². The number of nitrogens with zero attached hydrogens (tertiary/aromatic N) is 1. The highest BCUT2D eigenvalue weighted by molar-refractivity contribution is 5.98. The summed E-state index contributed by atoms with van der Waals surface area (Å²) in [6, 6.07) is 0.511. The fraction of sp³-hybridized carbons (Fsp3) is 0.333. The normalized spacial score (nSPS) is 16.3. The Morgan fingerprint density at radius 1 is 1.52 bits per heavy atom. The molecule has 122 valence electrons. The highest BCUT2D eigenvalue weighted by atomic mass is 19.2. The maximum atomic E-state index is 13.9. The van der Waals surface area contributed by atoms with Gasteiger partial charge in [0.15, 0.2) is 11.6 Å². The summed E-state index contributed by atoms with van der Waals surface area (Å²) >= 11 is 0. The number of nitrogens with one attached hydrogen (secondary N) is 1. The van der Waals surface area contributed by atoms with Crippen LogP contribution in [-0.4, -0.2) is 35.3 Å². The number of halogens is 2. The molecule has 0 radical (unpaired) electrons. The molecule has 2 N–H and O–H groups in total. The lowest BCUT2D eigenvalue weighted by Gasteiger charge is -2.27. The minimum Gasteiger partial charge on any atom is -0.486 e. The third kappa shape index (κ3) is 2.35. The molecule has 3 rings (SSSR count). The van der Waals surface area contributed by atoms with Gasteiger partial charge >= 0.3 is 0 Å². The van der Waals surface area contributed by atoms with Crippen molar-refractivity contribution in [1.29, 1.82) is 0 Å². The zero-order chi connectivity index (χ0) is 16.7. The molecule has 0 bridgehead atoms. The van der Waals surface area contributed by atoms with Crippen LogP contribution in [-0.2, 0) is 0 Å². The molecular formula is C15H14F2N2O4. The van der Waals surface area contributed by atoms with Gasteiger partial charge in [0, 0.05) is 12.7 Å². The van der Waals surface area contributed by atoms with Gasteiger partial charge in [0.2, 0.25) is 11.2 Å². The molecule has 1 aliphatic heterocycles. The summed E-state index contributed by atoms with van der Waals surface area (Å²) in [5.41, 5.74) is -0.785. The summed E-state index contributed by atoms with van der Waals surface area (Å²) in [4.78, 5) is 24.5. The molecule has 0 fully saturated rings. The number of pyridine rings is 1. The van der Waals surface area contributed by atoms with Gasteiger partial charge in [-0.05, 0) is 13.0 Å². The minimum absolute atomic E-state index is 0.0159. The molecule has 6 nitrogen and oxygen atoms in total. The first kappa shape index (κ1) is 15.4. The molecule has 0 unspecified atom stereocenters. The number of amides is 1. The second-order valence-electron chi connectivity index (χ2n) is 5.32. The Hall–Kier alpha value is -2.48. The second-order valence-corrected chi connectivity index (χ2v) is 5.32. The zero-order valence-corrected chi connectivity index (χ0v) is 12.2. The van der Waals surface area contributed by atoms with Crippen LogP contribution < -0.4 is 15.5 Å². The van der Waals surface area contributed by atoms with Crippen LogP contribution in [0.4, 0.5) is 8.78 Å². The number of ether oxygens (including phenoxy) is 1. The third-order valence-corrected chi connectivity index (χ3v) is 3.75. The van der Waals surface area contributed by atoms with E-state index in [1.807, 2.05) is 0 Å². The van der Waals surface area contributed by atoms with Crippen LogP contribution in [0.25, 0.3) is 10.9 Å². The van der Waals surface area contributed by atoms with E-state index in [1.165, 1.54) is 10.8 Å². The Bertz CT molecular complexity index is 863. The fourth-order valence-electron chi connectivity index (χ4n) is 2.62. The van der Waals surface area contributed by atoms with Crippen molar-refractivity contribution in [3.05, 3.63) is 39.7 Å². The molecule has 0 saturated heterocycles. The van der Waals surface area contributed by atoms with Gasteiger partial charge in [-0.15, -0.1) is 0 Å². The van der Waals surface area contributed by atoms with Gasteiger partial charge in [0.05, 0.1) is 23.6 Å². The molecule has 8 heteroatoms. The molecule has 0 spiro atoms. The number of carbonyl (C=O) groups excluding carboxylic acids is 1. The highest BCUT2D eigenvalue weighted by Gasteiger charge is 2.28. The first-order valence-corrected chi connectivity index (χ1v) is 7.04. The number of aromatic nitrogens is 1. The predicted molar refractivity (Wildman–Crippen MR) is 77.7 cm³/mol. The Morgan fingerprint density at radius 3 is 2.96 bits per heavy atom. The van der Waals surface area contributed by atoms with E-state index in [0.717, 1.165) is 6.07 Å². The van der Waals surface area contributed by atoms with Gasteiger partial charge in [-0.3, -0.25) is 9.59 Å². The van der Waals surface area contributed by atoms with Crippen molar-refractivity contribution in [3.63, 3.8) is 0 Å². The van der Waals surface area contributed by atoms with Gasteiger partial charge in [-0.2, -0.15) is 4.39 Å². The summed E-state index contributed by atoms with van der Waals surface area (Å²) in [6.45, 7) is 1.56. The van der Waals surface area contributed by atoms with Crippen LogP contribution in [0.5, 0.6) is 5.75 Å². The Morgan fingerprint density at radius 2 is 2.26 bits per heavy atom. The van der Waals surface area contributed by atoms with Gasteiger partial charge in [-0.25, -0.2) is 4.39 Å². The Kier molecular flexibility index (Phi) is 3.77. The van der Waals surface area contributed by atoms with Crippen molar-refractivity contribution in [2.75, 3.05) is 19.8 Å². The molecule has 1 aromatic carbocycles. The summed E-state index contributed by atoms with van der Waals surface area (Å²) < 4.78 is 34.4. The number of rotatable bonds is 3. The van der Waals surface area contributed by atoms with Crippen molar-refractivity contribution in [2.45, 2.75) is 13.0 Å². The molecule has 0 aliphatic carbocycles. The summed E-state index contributed by atoms with van der Waals surface area (Å²) in [5, 5.41) is 11.0. The van der Waals surface area contributed by atoms with Gasteiger partial charge < -0.3 is 19.7 Å². The van der Waals surface area contributed by atoms with E-state index < -0.39 is 23.0 Å². The lowest BCUT2D eigenvalue weighted by atomic mass is 10.1. The summed E-state index contributed by atoms with van der Waals surface area (Å²) in [5.74, 6) is -3.37. The number of hydrogen-bond acceptors (Lipinski definition) is 4. The van der Waals surface area contributed by atoms with Gasteiger partial charge in [0.25, 0.3) is 5.91 Å². The lowest BCUT2D eigenvalue weighted by molar-refractivity contribution is 0.0942. The van der Waals surface area contributed by atoms with Crippen molar-refractivity contribution in [1.82, 2.24) is 9.88 Å². The largest absolute Gasteiger partial charge is 0.486 e. The van der Waals surface area contributed by atoms with Crippen molar-refractivity contribution < 1.29 is 23.4 Å². The Labute approximate surface area is 129 Å². The van der Waals surface area contributed by atoms with Crippen molar-refractivity contribution >= 4 is 16.8 Å². The smallest absolute Gasteiger partial charge is 0.256 e. The Balaban J connectivity index is 2.32. The minimum atomic E-state index is -1.21. The molecule has 1 amide bonds. The highest BCUT2D eigenvalue weighted by Crippen LogP contribution is 2.35. The lowest BCUT2D eigenvalue weighted by Crippen LogP contribution is -2.33. The monoisotopic (exact) mass is 324 g/mol. The SMILES string of the molecule is C[C@@H]1COc2c(F)c(F)cc3c(=O)c(C(=O)NCCO)cn1c23. The maximum absolute atomic E-state index is 13.9. The fourth-order valence-corrected chi connectivity index (χ4v) is 2.62. The van der Waals surface area contributed by atoms with Crippen molar-refractivity contribution in [2.24, 2.45) is 0 Å². The van der Waals surface area contributed by atoms with Gasteiger partial charge in [-0.1, -0.05) is 0 Å². The number of aliphatic hydroxyl groups excluding tert-OH is 1. The topological polar surface area (TPSA) is 80.6 Å². The zero-order valence-electron chi connectivity index (χ0n) is 12.2. The molecule has 0 saturated carbocycles. The molecule has 1 atom stereocenters. The first-order chi connectivity index (χ1) is 11.0. The predicted octanol–water partition coefficient (Wildman–Crippen LogP) is 0.955. The number of benzene rings is 1. The van der Waals surface area contributed by atoms with Gasteiger partial charge in [0.1, 0.15) is 12.2 Å². The van der Waals surface area contributed by atoms with Crippen LogP contribution in [0.1, 0.15) is 23.3 Å². The average Bonchev–Trinajstić information content (AvgIpc) is 2.53. The quantitative estimate of drug-likeness (QED) is 0.881. The number of carbonyl (C=O) groups is 1. The van der Waals surface area contributed by atoms with E-state index in [4.69, 9.17) is 9.84 Å². The summed E-state index contributed by atoms with van der Waals surface area (Å²) in [6.07, 6.45) is 1.31. The first-order valence-electron chi connectivity index (χ1n) is 7.04. The van der Waals surface area contributed by atoms with E-state index in [2.05, 4.69) is 5.32 Å². The standard InChI is InChI=1S/C15H14F2N2O4/c1-7-6-23-14-11(17)10(16)4-8-12(14)19(7)5-9(13(8)21)15(22)18-2-3-20/h4-5,7,20H,2-3,6H2,1H3,(H,18,22)/t7-/m1/s1. The average molecular weight is 324 g/mol. The van der Waals surface area contributed by atoms with Crippen LogP contribution in [0.3, 0.4) is 0 Å². The number of hydrogen-bond donors (Lipinski definition) is 2. The maximum Gasteiger partial charge on any atom is 0.256 e. The molecule has 23 heavy (non-hydrogen) atoms. The molecule has 1 aromatic heterocycles. The van der Waals surface area contributed by atoms with E-state index in [-0.39, 0.29) is 48.0 Å². The van der Waals surface area contributed by atoms with E-state index in [9.17, 15) is 18.4 Å². The van der Waals surface area contributed by atoms with Crippen molar-refractivity contribution in [3.8, 4) is 5.75 Å². The van der Waals surface area contributed by atoms with E-state index >= 15 is 0 Å². The summed E-state index contributed by atoms with van der Waals surface area (Å²) in [7, 11) is 0.